The average Bonchev–Trinajstić information content (AvgIpc) is 3.20. The van der Waals surface area contributed by atoms with Crippen LogP contribution in [0.1, 0.15) is 29.6 Å². The number of rotatable bonds is 2. The molecule has 140 valence electrons. The van der Waals surface area contributed by atoms with Gasteiger partial charge in [-0.25, -0.2) is 9.18 Å². The lowest BCUT2D eigenvalue weighted by Gasteiger charge is -2.42. The molecule has 1 aromatic rings. The Labute approximate surface area is 152 Å². The standard InChI is InChI=1S/C19H24FN3O3/c1-21-12-19(8-11-26-13-19)23(18(21)25)16-6-9-22(10-7-16)17(24)14-2-4-15(20)5-3-14/h2-5,16H,6-13H2,1H3. The van der Waals surface area contributed by atoms with Gasteiger partial charge < -0.3 is 19.4 Å². The van der Waals surface area contributed by atoms with Crippen LogP contribution in [0.25, 0.3) is 0 Å². The number of hydrogen-bond acceptors (Lipinski definition) is 3. The number of ether oxygens (including phenoxy) is 1. The molecule has 3 amide bonds. The second-order valence-corrected chi connectivity index (χ2v) is 7.57. The fourth-order valence-corrected chi connectivity index (χ4v) is 4.53. The number of benzene rings is 1. The molecule has 0 aliphatic carbocycles. The van der Waals surface area contributed by atoms with Gasteiger partial charge in [0.05, 0.1) is 12.1 Å². The molecule has 3 fully saturated rings. The van der Waals surface area contributed by atoms with Crippen LogP contribution in [0.5, 0.6) is 0 Å². The number of nitrogens with zero attached hydrogens (tertiary/aromatic N) is 3. The number of carbonyl (C=O) groups is 2. The smallest absolute Gasteiger partial charge is 0.320 e. The third kappa shape index (κ3) is 2.84. The number of urea groups is 1. The molecular weight excluding hydrogens is 337 g/mol. The fraction of sp³-hybridized carbons (Fsp3) is 0.579. The fourth-order valence-electron chi connectivity index (χ4n) is 4.53. The number of amides is 3. The molecule has 3 heterocycles. The van der Waals surface area contributed by atoms with Crippen LogP contribution >= 0.6 is 0 Å². The van der Waals surface area contributed by atoms with Crippen LogP contribution in [0.3, 0.4) is 0 Å². The Kier molecular flexibility index (Phi) is 4.34. The Morgan fingerprint density at radius 3 is 2.54 bits per heavy atom. The number of likely N-dealkylation sites (tertiary alicyclic amines) is 1. The molecule has 0 radical (unpaired) electrons. The Balaban J connectivity index is 1.44. The summed E-state index contributed by atoms with van der Waals surface area (Å²) in [7, 11) is 1.84. The molecular formula is C19H24FN3O3. The molecule has 0 aromatic heterocycles. The summed E-state index contributed by atoms with van der Waals surface area (Å²) in [6.07, 6.45) is 2.39. The number of piperidine rings is 1. The lowest BCUT2D eigenvalue weighted by molar-refractivity contribution is 0.0498. The normalized spacial score (nSPS) is 27.0. The van der Waals surface area contributed by atoms with E-state index in [1.54, 1.807) is 9.80 Å². The van der Waals surface area contributed by atoms with Crippen molar-refractivity contribution in [1.29, 1.82) is 0 Å². The Morgan fingerprint density at radius 2 is 1.92 bits per heavy atom. The highest BCUT2D eigenvalue weighted by atomic mass is 19.1. The van der Waals surface area contributed by atoms with Gasteiger partial charge in [0.2, 0.25) is 0 Å². The Morgan fingerprint density at radius 1 is 1.23 bits per heavy atom. The van der Waals surface area contributed by atoms with Crippen LogP contribution in [0.15, 0.2) is 24.3 Å². The minimum Gasteiger partial charge on any atom is -0.379 e. The summed E-state index contributed by atoms with van der Waals surface area (Å²) in [4.78, 5) is 30.9. The van der Waals surface area contributed by atoms with Crippen LogP contribution in [0.2, 0.25) is 0 Å². The zero-order valence-electron chi connectivity index (χ0n) is 15.0. The predicted molar refractivity (Wildman–Crippen MR) is 93.4 cm³/mol. The molecule has 3 aliphatic rings. The van der Waals surface area contributed by atoms with Gasteiger partial charge >= 0.3 is 6.03 Å². The molecule has 4 rings (SSSR count). The van der Waals surface area contributed by atoms with Crippen molar-refractivity contribution in [3.63, 3.8) is 0 Å². The number of likely N-dealkylation sites (N-methyl/N-ethyl adjacent to an activating group) is 1. The van der Waals surface area contributed by atoms with Gasteiger partial charge in [-0.1, -0.05) is 0 Å². The molecule has 3 saturated heterocycles. The topological polar surface area (TPSA) is 53.1 Å². The van der Waals surface area contributed by atoms with Gasteiger partial charge in [-0.2, -0.15) is 0 Å². The van der Waals surface area contributed by atoms with E-state index in [4.69, 9.17) is 4.74 Å². The number of hydrogen-bond donors (Lipinski definition) is 0. The maximum absolute atomic E-state index is 13.1. The Bertz CT molecular complexity index is 694. The minimum absolute atomic E-state index is 0.0683. The van der Waals surface area contributed by atoms with Gasteiger partial charge in [0, 0.05) is 44.9 Å². The zero-order valence-corrected chi connectivity index (χ0v) is 15.0. The van der Waals surface area contributed by atoms with Crippen LogP contribution in [0.4, 0.5) is 9.18 Å². The largest absolute Gasteiger partial charge is 0.379 e. The molecule has 0 saturated carbocycles. The maximum atomic E-state index is 13.1. The van der Waals surface area contributed by atoms with E-state index in [-0.39, 0.29) is 29.3 Å². The molecule has 0 N–H and O–H groups in total. The van der Waals surface area contributed by atoms with Crippen molar-refractivity contribution in [1.82, 2.24) is 14.7 Å². The zero-order chi connectivity index (χ0) is 18.3. The first-order chi connectivity index (χ1) is 12.5. The van der Waals surface area contributed by atoms with Crippen LogP contribution in [-0.4, -0.2) is 78.1 Å². The summed E-state index contributed by atoms with van der Waals surface area (Å²) in [5.74, 6) is -0.423. The molecule has 1 spiro atoms. The minimum atomic E-state index is -0.346. The summed E-state index contributed by atoms with van der Waals surface area (Å²) < 4.78 is 18.7. The van der Waals surface area contributed by atoms with E-state index in [2.05, 4.69) is 0 Å². The van der Waals surface area contributed by atoms with Crippen molar-refractivity contribution in [2.75, 3.05) is 39.9 Å². The molecule has 0 bridgehead atoms. The van der Waals surface area contributed by atoms with E-state index in [0.29, 0.717) is 38.4 Å². The summed E-state index contributed by atoms with van der Waals surface area (Å²) >= 11 is 0. The third-order valence-electron chi connectivity index (χ3n) is 5.87. The van der Waals surface area contributed by atoms with Crippen LogP contribution in [0, 0.1) is 5.82 Å². The molecule has 1 atom stereocenters. The molecule has 26 heavy (non-hydrogen) atoms. The van der Waals surface area contributed by atoms with Crippen molar-refractivity contribution >= 4 is 11.9 Å². The van der Waals surface area contributed by atoms with E-state index >= 15 is 0 Å². The van der Waals surface area contributed by atoms with E-state index in [0.717, 1.165) is 19.3 Å². The summed E-state index contributed by atoms with van der Waals surface area (Å²) in [6, 6.07) is 5.86. The lowest BCUT2D eigenvalue weighted by Crippen LogP contribution is -2.56. The molecule has 3 aliphatic heterocycles. The number of halogens is 1. The van der Waals surface area contributed by atoms with Crippen molar-refractivity contribution in [2.24, 2.45) is 0 Å². The van der Waals surface area contributed by atoms with Crippen molar-refractivity contribution < 1.29 is 18.7 Å². The first-order valence-corrected chi connectivity index (χ1v) is 9.17. The molecule has 7 heteroatoms. The van der Waals surface area contributed by atoms with E-state index in [1.165, 1.54) is 24.3 Å². The quantitative estimate of drug-likeness (QED) is 0.809. The highest BCUT2D eigenvalue weighted by Crippen LogP contribution is 2.37. The SMILES string of the molecule is CN1CC2(CCOC2)N(C2CCN(C(=O)c3ccc(F)cc3)CC2)C1=O. The van der Waals surface area contributed by atoms with Gasteiger partial charge in [-0.3, -0.25) is 4.79 Å². The van der Waals surface area contributed by atoms with Crippen molar-refractivity contribution in [2.45, 2.75) is 30.8 Å². The third-order valence-corrected chi connectivity index (χ3v) is 5.87. The van der Waals surface area contributed by atoms with Gasteiger partial charge in [-0.05, 0) is 43.5 Å². The number of carbonyl (C=O) groups excluding carboxylic acids is 2. The van der Waals surface area contributed by atoms with Gasteiger partial charge in [0.1, 0.15) is 5.82 Å². The van der Waals surface area contributed by atoms with Crippen LogP contribution < -0.4 is 0 Å². The summed E-state index contributed by atoms with van der Waals surface area (Å²) in [5.41, 5.74) is 0.294. The van der Waals surface area contributed by atoms with Crippen molar-refractivity contribution in [3.8, 4) is 0 Å². The first-order valence-electron chi connectivity index (χ1n) is 9.17. The maximum Gasteiger partial charge on any atom is 0.320 e. The second kappa shape index (κ2) is 6.54. The predicted octanol–water partition coefficient (Wildman–Crippen LogP) is 1.96. The highest BCUT2D eigenvalue weighted by molar-refractivity contribution is 5.94. The first kappa shape index (κ1) is 17.3. The molecule has 1 unspecified atom stereocenters. The molecule has 6 nitrogen and oxygen atoms in total. The van der Waals surface area contributed by atoms with E-state index < -0.39 is 0 Å². The summed E-state index contributed by atoms with van der Waals surface area (Å²) in [6.45, 7) is 3.20. The van der Waals surface area contributed by atoms with E-state index in [1.807, 2.05) is 11.9 Å². The summed E-state index contributed by atoms with van der Waals surface area (Å²) in [5, 5.41) is 0. The second-order valence-electron chi connectivity index (χ2n) is 7.57. The monoisotopic (exact) mass is 361 g/mol. The Hall–Kier alpha value is -2.15. The average molecular weight is 361 g/mol. The highest BCUT2D eigenvalue weighted by Gasteiger charge is 2.53. The van der Waals surface area contributed by atoms with Crippen molar-refractivity contribution in [3.05, 3.63) is 35.6 Å². The van der Waals surface area contributed by atoms with Crippen LogP contribution in [-0.2, 0) is 4.74 Å². The van der Waals surface area contributed by atoms with Gasteiger partial charge in [-0.15, -0.1) is 0 Å². The van der Waals surface area contributed by atoms with Gasteiger partial charge in [0.25, 0.3) is 5.91 Å². The van der Waals surface area contributed by atoms with E-state index in [9.17, 15) is 14.0 Å². The molecule has 1 aromatic carbocycles. The van der Waals surface area contributed by atoms with Gasteiger partial charge in [0.15, 0.2) is 0 Å². The lowest BCUT2D eigenvalue weighted by atomic mass is 9.92.